The Morgan fingerprint density at radius 3 is 1.76 bits per heavy atom. The van der Waals surface area contributed by atoms with Gasteiger partial charge in [0, 0.05) is 22.1 Å². The molecule has 7 aromatic rings. The first-order valence-electron chi connectivity index (χ1n) is 15.9. The molecule has 0 saturated carbocycles. The summed E-state index contributed by atoms with van der Waals surface area (Å²) in [6.45, 7) is 8.37. The Balaban J connectivity index is 1.68. The summed E-state index contributed by atoms with van der Waals surface area (Å²) in [5.74, 6) is 0.694. The van der Waals surface area contributed by atoms with E-state index < -0.39 is 6.04 Å². The van der Waals surface area contributed by atoms with Gasteiger partial charge in [0.05, 0.1) is 6.85 Å². The molecule has 1 nitrogen and oxygen atoms in total. The molecule has 194 valence electrons. The predicted molar refractivity (Wildman–Crippen MR) is 176 cm³/mol. The van der Waals surface area contributed by atoms with Crippen molar-refractivity contribution in [3.8, 4) is 44.7 Å². The minimum atomic E-state index is -0.435. The van der Waals surface area contributed by atoms with Crippen LogP contribution in [0.5, 0.6) is 0 Å². The molecule has 0 amide bonds. The Labute approximate surface area is 247 Å². The Morgan fingerprint density at radius 2 is 1.10 bits per heavy atom. The molecule has 1 aromatic heterocycles. The Morgan fingerprint density at radius 1 is 0.512 bits per heavy atom. The van der Waals surface area contributed by atoms with Crippen LogP contribution in [0.3, 0.4) is 0 Å². The quantitative estimate of drug-likeness (QED) is 0.209. The predicted octanol–water partition coefficient (Wildman–Crippen LogP) is 11.5. The molecule has 0 unspecified atom stereocenters. The number of fused-ring (bicyclic) bond motifs is 2. The SMILES string of the molecule is [2H]c1c([2H])c([2H])c(-c2c(C=C)c(C=C)c(-c3c(-c4ccccc4)oc4ccc(-c5ccccc5)cc34)c3ccccc23)c([2H])c1[2H]. The van der Waals surface area contributed by atoms with Crippen molar-refractivity contribution < 1.29 is 11.3 Å². The molecule has 0 atom stereocenters. The van der Waals surface area contributed by atoms with Gasteiger partial charge in [-0.05, 0) is 56.3 Å². The van der Waals surface area contributed by atoms with E-state index >= 15 is 0 Å². The fourth-order valence-corrected chi connectivity index (χ4v) is 5.77. The molecule has 41 heavy (non-hydrogen) atoms. The second kappa shape index (κ2) is 10.3. The number of benzene rings is 6. The zero-order valence-electron chi connectivity index (χ0n) is 27.3. The summed E-state index contributed by atoms with van der Waals surface area (Å²) in [6.07, 6.45) is 3.44. The van der Waals surface area contributed by atoms with Crippen LogP contribution in [0.15, 0.2) is 151 Å². The fourth-order valence-electron chi connectivity index (χ4n) is 5.77. The molecule has 6 aromatic carbocycles. The molecule has 0 bridgehead atoms. The highest BCUT2D eigenvalue weighted by Crippen LogP contribution is 2.49. The number of hydrogen-bond acceptors (Lipinski definition) is 1. The molecular weight excluding hydrogens is 496 g/mol. The molecule has 7 rings (SSSR count). The van der Waals surface area contributed by atoms with Crippen LogP contribution >= 0.6 is 0 Å². The average molecular weight is 530 g/mol. The third-order valence-corrected chi connectivity index (χ3v) is 7.53. The minimum absolute atomic E-state index is 0.124. The zero-order chi connectivity index (χ0) is 32.1. The maximum Gasteiger partial charge on any atom is 0.143 e. The van der Waals surface area contributed by atoms with E-state index in [0.29, 0.717) is 16.9 Å². The van der Waals surface area contributed by atoms with E-state index in [1.54, 1.807) is 12.2 Å². The smallest absolute Gasteiger partial charge is 0.143 e. The van der Waals surface area contributed by atoms with Gasteiger partial charge < -0.3 is 4.42 Å². The van der Waals surface area contributed by atoms with Crippen molar-refractivity contribution in [3.05, 3.63) is 158 Å². The van der Waals surface area contributed by atoms with Gasteiger partial charge in [0.25, 0.3) is 0 Å². The summed E-state index contributed by atoms with van der Waals surface area (Å²) < 4.78 is 49.4. The number of hydrogen-bond donors (Lipinski definition) is 0. The third-order valence-electron chi connectivity index (χ3n) is 7.53. The molecule has 0 aliphatic carbocycles. The van der Waals surface area contributed by atoms with Crippen LogP contribution in [0, 0.1) is 0 Å². The van der Waals surface area contributed by atoms with E-state index in [9.17, 15) is 0 Å². The molecule has 0 spiro atoms. The maximum atomic E-state index is 8.85. The lowest BCUT2D eigenvalue weighted by molar-refractivity contribution is 0.632. The largest absolute Gasteiger partial charge is 0.455 e. The molecular formula is C40H28O. The Kier molecular flexibility index (Phi) is 4.93. The van der Waals surface area contributed by atoms with E-state index in [2.05, 4.69) is 37.4 Å². The highest BCUT2D eigenvalue weighted by molar-refractivity contribution is 6.17. The topological polar surface area (TPSA) is 13.1 Å². The molecule has 0 N–H and O–H groups in total. The van der Waals surface area contributed by atoms with Gasteiger partial charge in [-0.2, -0.15) is 0 Å². The standard InChI is InChI=1S/C40H28O/c1-3-31-32(4-2)38(34-23-15-14-22-33(34)37(31)28-18-10-6-11-19-28)39-35-26-30(27-16-8-5-9-17-27)24-25-36(35)41-40(39)29-20-12-7-13-21-29/h3-26H,1-2H2/i6D,10D,11D,18D,19D. The van der Waals surface area contributed by atoms with Crippen molar-refractivity contribution in [1.29, 1.82) is 0 Å². The minimum Gasteiger partial charge on any atom is -0.455 e. The molecule has 0 aliphatic rings. The van der Waals surface area contributed by atoms with Gasteiger partial charge in [0.1, 0.15) is 11.3 Å². The number of furan rings is 1. The van der Waals surface area contributed by atoms with Crippen molar-refractivity contribution in [2.24, 2.45) is 0 Å². The molecule has 0 fully saturated rings. The van der Waals surface area contributed by atoms with Crippen LogP contribution in [0.25, 0.3) is 78.6 Å². The highest BCUT2D eigenvalue weighted by atomic mass is 16.3. The first kappa shape index (κ1) is 19.6. The molecule has 1 heterocycles. The Hall–Kier alpha value is -5.40. The van der Waals surface area contributed by atoms with E-state index in [-0.39, 0.29) is 29.7 Å². The van der Waals surface area contributed by atoms with Crippen molar-refractivity contribution in [3.63, 3.8) is 0 Å². The van der Waals surface area contributed by atoms with Crippen LogP contribution in [0.2, 0.25) is 0 Å². The summed E-state index contributed by atoms with van der Waals surface area (Å²) in [4.78, 5) is 0. The second-order valence-electron chi connectivity index (χ2n) is 9.78. The molecule has 0 saturated heterocycles. The summed E-state index contributed by atoms with van der Waals surface area (Å²) in [6, 6.07) is 32.4. The normalized spacial score (nSPS) is 12.8. The molecule has 0 radical (unpaired) electrons. The van der Waals surface area contributed by atoms with E-state index in [0.717, 1.165) is 55.1 Å². The lowest BCUT2D eigenvalue weighted by Gasteiger charge is -2.20. The Bertz CT molecular complexity index is 2310. The van der Waals surface area contributed by atoms with Crippen LogP contribution in [0.1, 0.15) is 18.0 Å². The molecule has 0 aliphatic heterocycles. The van der Waals surface area contributed by atoms with E-state index in [4.69, 9.17) is 11.3 Å². The number of rotatable bonds is 6. The van der Waals surface area contributed by atoms with Gasteiger partial charge in [-0.25, -0.2) is 0 Å². The summed E-state index contributed by atoms with van der Waals surface area (Å²) in [5.41, 5.74) is 7.47. The second-order valence-corrected chi connectivity index (χ2v) is 9.78. The monoisotopic (exact) mass is 529 g/mol. The third kappa shape index (κ3) is 4.11. The first-order valence-corrected chi connectivity index (χ1v) is 13.4. The summed E-state index contributed by atoms with van der Waals surface area (Å²) in [5, 5.41) is 2.47. The van der Waals surface area contributed by atoms with Crippen LogP contribution in [0.4, 0.5) is 0 Å². The van der Waals surface area contributed by atoms with Gasteiger partial charge in [0.2, 0.25) is 0 Å². The first-order chi connectivity index (χ1) is 22.3. The van der Waals surface area contributed by atoms with Crippen molar-refractivity contribution in [1.82, 2.24) is 0 Å². The zero-order valence-corrected chi connectivity index (χ0v) is 22.3. The van der Waals surface area contributed by atoms with Crippen LogP contribution in [-0.2, 0) is 0 Å². The lowest BCUT2D eigenvalue weighted by Crippen LogP contribution is -1.96. The summed E-state index contributed by atoms with van der Waals surface area (Å²) in [7, 11) is 0. The van der Waals surface area contributed by atoms with E-state index in [1.807, 2.05) is 78.9 Å². The van der Waals surface area contributed by atoms with E-state index in [1.165, 1.54) is 0 Å². The van der Waals surface area contributed by atoms with Crippen molar-refractivity contribution in [2.45, 2.75) is 0 Å². The van der Waals surface area contributed by atoms with Crippen molar-refractivity contribution >= 4 is 33.9 Å². The molecule has 1 heteroatoms. The average Bonchev–Trinajstić information content (AvgIpc) is 3.48. The van der Waals surface area contributed by atoms with Crippen molar-refractivity contribution in [2.75, 3.05) is 0 Å². The van der Waals surface area contributed by atoms with Crippen LogP contribution < -0.4 is 0 Å². The van der Waals surface area contributed by atoms with Gasteiger partial charge in [-0.15, -0.1) is 0 Å². The van der Waals surface area contributed by atoms with Gasteiger partial charge in [-0.1, -0.05) is 147 Å². The summed E-state index contributed by atoms with van der Waals surface area (Å²) >= 11 is 0. The van der Waals surface area contributed by atoms with Gasteiger partial charge in [-0.3, -0.25) is 0 Å². The van der Waals surface area contributed by atoms with Gasteiger partial charge >= 0.3 is 0 Å². The van der Waals surface area contributed by atoms with Crippen LogP contribution in [-0.4, -0.2) is 0 Å². The maximum absolute atomic E-state index is 8.85. The fraction of sp³-hybridized carbons (Fsp3) is 0. The van der Waals surface area contributed by atoms with Gasteiger partial charge in [0.15, 0.2) is 0 Å². The lowest BCUT2D eigenvalue weighted by atomic mass is 9.82. The highest BCUT2D eigenvalue weighted by Gasteiger charge is 2.25.